The summed E-state index contributed by atoms with van der Waals surface area (Å²) in [5, 5.41) is 11.1. The van der Waals surface area contributed by atoms with E-state index in [0.29, 0.717) is 5.92 Å². The summed E-state index contributed by atoms with van der Waals surface area (Å²) in [4.78, 5) is 6.96. The van der Waals surface area contributed by atoms with E-state index in [1.165, 1.54) is 32.2 Å². The van der Waals surface area contributed by atoms with Crippen LogP contribution in [0.3, 0.4) is 0 Å². The van der Waals surface area contributed by atoms with Gasteiger partial charge in [0, 0.05) is 51.7 Å². The predicted molar refractivity (Wildman–Crippen MR) is 100 cm³/mol. The van der Waals surface area contributed by atoms with Gasteiger partial charge in [0.25, 0.3) is 0 Å². The van der Waals surface area contributed by atoms with Crippen molar-refractivity contribution in [2.75, 3.05) is 33.2 Å². The Morgan fingerprint density at radius 1 is 1.38 bits per heavy atom. The van der Waals surface area contributed by atoms with Crippen LogP contribution in [0.1, 0.15) is 39.5 Å². The maximum Gasteiger partial charge on any atom is 0.191 e. The van der Waals surface area contributed by atoms with Gasteiger partial charge in [0.15, 0.2) is 5.96 Å². The molecule has 1 aliphatic rings. The summed E-state index contributed by atoms with van der Waals surface area (Å²) in [6.45, 7) is 9.63. The van der Waals surface area contributed by atoms with Crippen molar-refractivity contribution < 1.29 is 0 Å². The Kier molecular flexibility index (Phi) is 8.08. The van der Waals surface area contributed by atoms with Crippen LogP contribution in [0.15, 0.2) is 23.5 Å². The largest absolute Gasteiger partial charge is 0.356 e. The van der Waals surface area contributed by atoms with E-state index in [9.17, 15) is 0 Å². The lowest BCUT2D eigenvalue weighted by molar-refractivity contribution is 0.147. The van der Waals surface area contributed by atoms with Gasteiger partial charge in [-0.3, -0.25) is 14.6 Å². The van der Waals surface area contributed by atoms with Crippen molar-refractivity contribution in [3.63, 3.8) is 0 Å². The molecule has 2 unspecified atom stereocenters. The van der Waals surface area contributed by atoms with E-state index in [1.807, 2.05) is 30.2 Å². The predicted octanol–water partition coefficient (Wildman–Crippen LogP) is 1.95. The van der Waals surface area contributed by atoms with Gasteiger partial charge in [-0.2, -0.15) is 5.10 Å². The van der Waals surface area contributed by atoms with Gasteiger partial charge in [-0.15, -0.1) is 0 Å². The van der Waals surface area contributed by atoms with Crippen molar-refractivity contribution in [2.24, 2.45) is 10.9 Å². The van der Waals surface area contributed by atoms with Crippen LogP contribution in [-0.2, 0) is 6.54 Å². The van der Waals surface area contributed by atoms with Crippen LogP contribution in [0, 0.1) is 5.92 Å². The molecule has 0 aromatic carbocycles. The van der Waals surface area contributed by atoms with Crippen LogP contribution in [-0.4, -0.2) is 59.9 Å². The molecule has 2 rings (SSSR count). The summed E-state index contributed by atoms with van der Waals surface area (Å²) in [5.41, 5.74) is 0. The number of hydrogen-bond acceptors (Lipinski definition) is 3. The second-order valence-electron chi connectivity index (χ2n) is 6.81. The summed E-state index contributed by atoms with van der Waals surface area (Å²) >= 11 is 0. The highest BCUT2D eigenvalue weighted by Crippen LogP contribution is 2.18. The number of aliphatic imine (C=N–C) groups is 1. The quantitative estimate of drug-likeness (QED) is 0.563. The van der Waals surface area contributed by atoms with E-state index in [4.69, 9.17) is 0 Å². The van der Waals surface area contributed by atoms with E-state index >= 15 is 0 Å². The zero-order valence-corrected chi connectivity index (χ0v) is 15.5. The lowest BCUT2D eigenvalue weighted by atomic mass is 10.0. The fourth-order valence-corrected chi connectivity index (χ4v) is 3.42. The lowest BCUT2D eigenvalue weighted by Gasteiger charge is -2.35. The third-order valence-electron chi connectivity index (χ3n) is 4.81. The van der Waals surface area contributed by atoms with Crippen molar-refractivity contribution in [1.82, 2.24) is 25.3 Å². The van der Waals surface area contributed by atoms with E-state index in [0.717, 1.165) is 38.2 Å². The van der Waals surface area contributed by atoms with Crippen molar-refractivity contribution in [2.45, 2.75) is 52.1 Å². The molecule has 0 saturated carbocycles. The molecule has 1 aromatic rings. The van der Waals surface area contributed by atoms with Crippen LogP contribution in [0.2, 0.25) is 0 Å². The Morgan fingerprint density at radius 3 is 2.96 bits per heavy atom. The molecular weight excluding hydrogens is 300 g/mol. The van der Waals surface area contributed by atoms with Crippen molar-refractivity contribution >= 4 is 5.96 Å². The van der Waals surface area contributed by atoms with Gasteiger partial charge in [-0.1, -0.05) is 20.3 Å². The van der Waals surface area contributed by atoms with E-state index < -0.39 is 0 Å². The highest BCUT2D eigenvalue weighted by molar-refractivity contribution is 5.79. The van der Waals surface area contributed by atoms with Crippen LogP contribution in [0.25, 0.3) is 0 Å². The Bertz CT molecular complexity index is 470. The first-order valence-electron chi connectivity index (χ1n) is 9.39. The minimum Gasteiger partial charge on any atom is -0.356 e. The smallest absolute Gasteiger partial charge is 0.191 e. The Morgan fingerprint density at radius 2 is 2.25 bits per heavy atom. The molecule has 24 heavy (non-hydrogen) atoms. The van der Waals surface area contributed by atoms with Gasteiger partial charge in [0.05, 0.1) is 0 Å². The average molecular weight is 335 g/mol. The Labute approximate surface area is 146 Å². The summed E-state index contributed by atoms with van der Waals surface area (Å²) in [5.74, 6) is 1.39. The van der Waals surface area contributed by atoms with Gasteiger partial charge in [0.2, 0.25) is 0 Å². The van der Waals surface area contributed by atoms with Crippen molar-refractivity contribution in [1.29, 1.82) is 0 Å². The van der Waals surface area contributed by atoms with E-state index in [1.54, 1.807) is 0 Å². The molecule has 6 heteroatoms. The molecule has 0 radical (unpaired) electrons. The standard InChI is InChI=1S/C18H34N6/c1-4-17-8-5-6-11-23(17)13-10-20-18(19-3)21-14-16(2)15-24-12-7-9-22-24/h7,9,12,16-17H,4-6,8,10-11,13-15H2,1-3H3,(H2,19,20,21). The normalized spacial score (nSPS) is 20.8. The molecule has 0 aliphatic carbocycles. The molecule has 0 amide bonds. The molecule has 2 atom stereocenters. The number of guanidine groups is 1. The third kappa shape index (κ3) is 6.15. The van der Waals surface area contributed by atoms with Crippen LogP contribution >= 0.6 is 0 Å². The highest BCUT2D eigenvalue weighted by atomic mass is 15.3. The first kappa shape index (κ1) is 18.8. The van der Waals surface area contributed by atoms with Gasteiger partial charge in [-0.25, -0.2) is 0 Å². The minimum atomic E-state index is 0.495. The van der Waals surface area contributed by atoms with Crippen LogP contribution < -0.4 is 10.6 Å². The first-order valence-corrected chi connectivity index (χ1v) is 9.39. The summed E-state index contributed by atoms with van der Waals surface area (Å²) in [6.07, 6.45) is 9.18. The number of nitrogens with one attached hydrogen (secondary N) is 2. The topological polar surface area (TPSA) is 57.5 Å². The second kappa shape index (κ2) is 10.3. The molecule has 136 valence electrons. The van der Waals surface area contributed by atoms with Gasteiger partial charge >= 0.3 is 0 Å². The first-order chi connectivity index (χ1) is 11.7. The number of aromatic nitrogens is 2. The summed E-state index contributed by atoms with van der Waals surface area (Å²) in [6, 6.07) is 2.73. The average Bonchev–Trinajstić information content (AvgIpc) is 3.11. The van der Waals surface area contributed by atoms with Gasteiger partial charge < -0.3 is 10.6 Å². The zero-order valence-electron chi connectivity index (χ0n) is 15.5. The highest BCUT2D eigenvalue weighted by Gasteiger charge is 2.19. The maximum atomic E-state index is 4.33. The maximum absolute atomic E-state index is 4.33. The number of piperidine rings is 1. The summed E-state index contributed by atoms with van der Waals surface area (Å²) < 4.78 is 1.98. The Balaban J connectivity index is 1.64. The number of likely N-dealkylation sites (tertiary alicyclic amines) is 1. The SMILES string of the molecule is CCC1CCCCN1CCNC(=NC)NCC(C)Cn1cccn1. The van der Waals surface area contributed by atoms with Crippen LogP contribution in [0.4, 0.5) is 0 Å². The zero-order chi connectivity index (χ0) is 17.2. The molecule has 2 N–H and O–H groups in total. The molecule has 0 bridgehead atoms. The molecule has 1 saturated heterocycles. The fraction of sp³-hybridized carbons (Fsp3) is 0.778. The van der Waals surface area contributed by atoms with E-state index in [-0.39, 0.29) is 0 Å². The minimum absolute atomic E-state index is 0.495. The molecule has 1 aromatic heterocycles. The number of rotatable bonds is 8. The Hall–Kier alpha value is -1.56. The van der Waals surface area contributed by atoms with Gasteiger partial charge in [-0.05, 0) is 37.8 Å². The lowest BCUT2D eigenvalue weighted by Crippen LogP contribution is -2.46. The molecule has 2 heterocycles. The van der Waals surface area contributed by atoms with Crippen molar-refractivity contribution in [3.05, 3.63) is 18.5 Å². The molecule has 0 spiro atoms. The van der Waals surface area contributed by atoms with Crippen molar-refractivity contribution in [3.8, 4) is 0 Å². The fourth-order valence-electron chi connectivity index (χ4n) is 3.42. The second-order valence-corrected chi connectivity index (χ2v) is 6.81. The van der Waals surface area contributed by atoms with E-state index in [2.05, 4.69) is 39.5 Å². The number of hydrogen-bond donors (Lipinski definition) is 2. The third-order valence-corrected chi connectivity index (χ3v) is 4.81. The molecular formula is C18H34N6. The molecule has 6 nitrogen and oxygen atoms in total. The monoisotopic (exact) mass is 334 g/mol. The summed E-state index contributed by atoms with van der Waals surface area (Å²) in [7, 11) is 1.84. The molecule has 1 aliphatic heterocycles. The van der Waals surface area contributed by atoms with Gasteiger partial charge in [0.1, 0.15) is 0 Å². The van der Waals surface area contributed by atoms with Crippen LogP contribution in [0.5, 0.6) is 0 Å². The number of nitrogens with zero attached hydrogens (tertiary/aromatic N) is 4. The molecule has 1 fully saturated rings.